The van der Waals surface area contributed by atoms with E-state index in [1.165, 1.54) is 12.4 Å². The van der Waals surface area contributed by atoms with Crippen molar-refractivity contribution in [1.82, 2.24) is 19.7 Å². The summed E-state index contributed by atoms with van der Waals surface area (Å²) in [6.07, 6.45) is 4.64. The summed E-state index contributed by atoms with van der Waals surface area (Å²) < 4.78 is 5.87. The summed E-state index contributed by atoms with van der Waals surface area (Å²) in [6, 6.07) is 9.70. The van der Waals surface area contributed by atoms with Crippen LogP contribution in [-0.2, 0) is 16.8 Å². The van der Waals surface area contributed by atoms with Gasteiger partial charge in [0.15, 0.2) is 11.6 Å². The van der Waals surface area contributed by atoms with E-state index >= 15 is 0 Å². The Morgan fingerprint density at radius 3 is 2.61 bits per heavy atom. The number of likely N-dealkylation sites (N-methyl/N-ethyl adjacent to an activating group) is 1. The summed E-state index contributed by atoms with van der Waals surface area (Å²) in [5.74, 6) is -0.624. The van der Waals surface area contributed by atoms with Crippen LogP contribution in [-0.4, -0.2) is 32.5 Å². The van der Waals surface area contributed by atoms with Crippen LogP contribution in [0.1, 0.15) is 19.4 Å². The Kier molecular flexibility index (Phi) is 4.18. The second kappa shape index (κ2) is 6.56. The second-order valence-corrected chi connectivity index (χ2v) is 7.13. The molecule has 0 atom stereocenters. The topological polar surface area (TPSA) is 94.1 Å². The second-order valence-electron chi connectivity index (χ2n) is 7.13. The molecule has 0 saturated heterocycles. The fraction of sp³-hybridized carbons (Fsp3) is 0.250. The lowest BCUT2D eigenvalue weighted by Gasteiger charge is -2.23. The predicted molar refractivity (Wildman–Crippen MR) is 103 cm³/mol. The predicted octanol–water partition coefficient (Wildman–Crippen LogP) is 2.17. The first kappa shape index (κ1) is 17.8. The molecule has 3 aromatic rings. The van der Waals surface area contributed by atoms with Crippen LogP contribution < -0.4 is 10.7 Å². The SMILES string of the molecule is CN1/C(=C/C(=O)Cn2c(-c3ncccn3)noc2=O)C(C)(C)c2ccccc21. The van der Waals surface area contributed by atoms with Crippen LogP contribution in [0.25, 0.3) is 11.6 Å². The van der Waals surface area contributed by atoms with E-state index in [9.17, 15) is 9.59 Å². The number of carbonyl (C=O) groups excluding carboxylic acids is 1. The van der Waals surface area contributed by atoms with Crippen molar-refractivity contribution in [3.05, 3.63) is 70.6 Å². The van der Waals surface area contributed by atoms with Gasteiger partial charge in [-0.1, -0.05) is 37.2 Å². The van der Waals surface area contributed by atoms with E-state index in [2.05, 4.69) is 35.0 Å². The molecular formula is C20H19N5O3. The molecule has 0 N–H and O–H groups in total. The van der Waals surface area contributed by atoms with E-state index in [-0.39, 0.29) is 29.4 Å². The number of carbonyl (C=O) groups is 1. The van der Waals surface area contributed by atoms with Gasteiger partial charge in [-0.15, -0.1) is 0 Å². The van der Waals surface area contributed by atoms with Crippen LogP contribution in [0.3, 0.4) is 0 Å². The Labute approximate surface area is 161 Å². The van der Waals surface area contributed by atoms with Crippen molar-refractivity contribution in [2.75, 3.05) is 11.9 Å². The van der Waals surface area contributed by atoms with Crippen molar-refractivity contribution in [3.8, 4) is 11.6 Å². The summed E-state index contributed by atoms with van der Waals surface area (Å²) in [6.45, 7) is 3.94. The van der Waals surface area contributed by atoms with Crippen molar-refractivity contribution in [3.63, 3.8) is 0 Å². The van der Waals surface area contributed by atoms with E-state index < -0.39 is 5.76 Å². The molecule has 142 valence electrons. The van der Waals surface area contributed by atoms with Gasteiger partial charge >= 0.3 is 5.76 Å². The van der Waals surface area contributed by atoms with Gasteiger partial charge in [-0.3, -0.25) is 9.32 Å². The monoisotopic (exact) mass is 377 g/mol. The Morgan fingerprint density at radius 2 is 1.89 bits per heavy atom. The van der Waals surface area contributed by atoms with Gasteiger partial charge in [0, 0.05) is 42.3 Å². The lowest BCUT2D eigenvalue weighted by Crippen LogP contribution is -2.26. The van der Waals surface area contributed by atoms with E-state index in [0.29, 0.717) is 0 Å². The van der Waals surface area contributed by atoms with Crippen molar-refractivity contribution in [1.29, 1.82) is 0 Å². The van der Waals surface area contributed by atoms with Crippen LogP contribution in [0.2, 0.25) is 0 Å². The molecular weight excluding hydrogens is 358 g/mol. The molecule has 28 heavy (non-hydrogen) atoms. The maximum Gasteiger partial charge on any atom is 0.442 e. The molecule has 4 rings (SSSR count). The first-order chi connectivity index (χ1) is 13.4. The molecule has 2 aromatic heterocycles. The highest BCUT2D eigenvalue weighted by molar-refractivity contribution is 5.92. The van der Waals surface area contributed by atoms with Crippen molar-refractivity contribution in [2.24, 2.45) is 0 Å². The number of para-hydroxylation sites is 1. The highest BCUT2D eigenvalue weighted by Crippen LogP contribution is 2.46. The van der Waals surface area contributed by atoms with Crippen LogP contribution in [0.15, 0.2) is 63.8 Å². The minimum atomic E-state index is -0.725. The fourth-order valence-corrected chi connectivity index (χ4v) is 3.60. The molecule has 0 amide bonds. The molecule has 0 fully saturated rings. The van der Waals surface area contributed by atoms with Gasteiger partial charge in [-0.2, -0.15) is 0 Å². The van der Waals surface area contributed by atoms with Crippen LogP contribution in [0, 0.1) is 0 Å². The number of aromatic nitrogens is 4. The first-order valence-electron chi connectivity index (χ1n) is 8.81. The third kappa shape index (κ3) is 2.83. The Morgan fingerprint density at radius 1 is 1.18 bits per heavy atom. The highest BCUT2D eigenvalue weighted by Gasteiger charge is 2.38. The fourth-order valence-electron chi connectivity index (χ4n) is 3.60. The molecule has 1 aliphatic rings. The minimum Gasteiger partial charge on any atom is -0.347 e. The van der Waals surface area contributed by atoms with Gasteiger partial charge in [0.1, 0.15) is 0 Å². The number of hydrogen-bond acceptors (Lipinski definition) is 7. The minimum absolute atomic E-state index is 0.125. The number of hydrogen-bond donors (Lipinski definition) is 0. The molecule has 1 aliphatic heterocycles. The third-order valence-corrected chi connectivity index (χ3v) is 5.00. The first-order valence-corrected chi connectivity index (χ1v) is 8.81. The van der Waals surface area contributed by atoms with Gasteiger partial charge < -0.3 is 4.90 Å². The average molecular weight is 377 g/mol. The average Bonchev–Trinajstić information content (AvgIpc) is 3.14. The summed E-state index contributed by atoms with van der Waals surface area (Å²) in [7, 11) is 1.93. The van der Waals surface area contributed by atoms with E-state index in [4.69, 9.17) is 4.52 Å². The molecule has 0 bridgehead atoms. The number of nitrogens with zero attached hydrogens (tertiary/aromatic N) is 5. The van der Waals surface area contributed by atoms with Crippen molar-refractivity contribution >= 4 is 11.5 Å². The largest absolute Gasteiger partial charge is 0.442 e. The quantitative estimate of drug-likeness (QED) is 0.643. The standard InChI is InChI=1S/C20H19N5O3/c1-20(2)14-7-4-5-8-15(14)24(3)16(20)11-13(26)12-25-18(23-28-19(25)27)17-21-9-6-10-22-17/h4-11H,12H2,1-3H3/b16-11+. The maximum atomic E-state index is 12.8. The number of ketones is 1. The maximum absolute atomic E-state index is 12.8. The molecule has 0 radical (unpaired) electrons. The van der Waals surface area contributed by atoms with Gasteiger partial charge in [0.05, 0.1) is 6.54 Å². The molecule has 0 aliphatic carbocycles. The number of fused-ring (bicyclic) bond motifs is 1. The van der Waals surface area contributed by atoms with Crippen LogP contribution >= 0.6 is 0 Å². The molecule has 3 heterocycles. The lowest BCUT2D eigenvalue weighted by atomic mass is 9.83. The number of anilines is 1. The number of rotatable bonds is 4. The van der Waals surface area contributed by atoms with Crippen LogP contribution in [0.4, 0.5) is 5.69 Å². The molecule has 8 heteroatoms. The molecule has 0 saturated carbocycles. The number of benzene rings is 1. The normalized spacial score (nSPS) is 16.4. The molecule has 1 aromatic carbocycles. The number of allylic oxidation sites excluding steroid dienone is 2. The van der Waals surface area contributed by atoms with E-state index in [0.717, 1.165) is 21.5 Å². The van der Waals surface area contributed by atoms with E-state index in [1.54, 1.807) is 12.1 Å². The van der Waals surface area contributed by atoms with Gasteiger partial charge in [-0.25, -0.2) is 19.3 Å². The smallest absolute Gasteiger partial charge is 0.347 e. The van der Waals surface area contributed by atoms with Gasteiger partial charge in [-0.05, 0) is 17.7 Å². The third-order valence-electron chi connectivity index (χ3n) is 5.00. The van der Waals surface area contributed by atoms with E-state index in [1.807, 2.05) is 30.1 Å². The highest BCUT2D eigenvalue weighted by atomic mass is 16.5. The Bertz CT molecular complexity index is 1130. The summed E-state index contributed by atoms with van der Waals surface area (Å²) >= 11 is 0. The van der Waals surface area contributed by atoms with Crippen LogP contribution in [0.5, 0.6) is 0 Å². The molecule has 0 unspecified atom stereocenters. The van der Waals surface area contributed by atoms with Gasteiger partial charge in [0.25, 0.3) is 0 Å². The Hall–Kier alpha value is -3.55. The van der Waals surface area contributed by atoms with Crippen molar-refractivity contribution in [2.45, 2.75) is 25.8 Å². The zero-order valence-corrected chi connectivity index (χ0v) is 15.8. The van der Waals surface area contributed by atoms with Gasteiger partial charge in [0.2, 0.25) is 5.82 Å². The zero-order chi connectivity index (χ0) is 19.9. The summed E-state index contributed by atoms with van der Waals surface area (Å²) in [5, 5.41) is 3.71. The summed E-state index contributed by atoms with van der Waals surface area (Å²) in [4.78, 5) is 35.0. The van der Waals surface area contributed by atoms with Crippen molar-refractivity contribution < 1.29 is 9.32 Å². The molecule has 8 nitrogen and oxygen atoms in total. The zero-order valence-electron chi connectivity index (χ0n) is 15.8. The summed E-state index contributed by atoms with van der Waals surface area (Å²) in [5.41, 5.74) is 2.75. The lowest BCUT2D eigenvalue weighted by molar-refractivity contribution is -0.115. The Balaban J connectivity index is 1.67. The molecule has 0 spiro atoms.